The van der Waals surface area contributed by atoms with Gasteiger partial charge in [0.25, 0.3) is 0 Å². The Morgan fingerprint density at radius 2 is 1.20 bits per heavy atom. The van der Waals surface area contributed by atoms with Gasteiger partial charge in [0.1, 0.15) is 11.5 Å². The zero-order valence-corrected chi connectivity index (χ0v) is 10.2. The van der Waals surface area contributed by atoms with Crippen LogP contribution in [0.3, 0.4) is 0 Å². The summed E-state index contributed by atoms with van der Waals surface area (Å²) in [4.78, 5) is 2.39. The molecule has 0 aliphatic rings. The SMILES string of the molecule is Cc1coc(C)c1Sc1c(C)coc1C. The molecule has 0 unspecified atom stereocenters. The zero-order chi connectivity index (χ0) is 11.0. The first-order valence-electron chi connectivity index (χ1n) is 4.87. The number of rotatable bonds is 2. The van der Waals surface area contributed by atoms with Crippen LogP contribution in [0.15, 0.2) is 31.2 Å². The molecule has 0 bridgehead atoms. The van der Waals surface area contributed by atoms with E-state index in [2.05, 4.69) is 13.8 Å². The van der Waals surface area contributed by atoms with Crippen molar-refractivity contribution in [3.05, 3.63) is 35.2 Å². The minimum absolute atomic E-state index is 0.970. The quantitative estimate of drug-likeness (QED) is 0.759. The van der Waals surface area contributed by atoms with E-state index in [9.17, 15) is 0 Å². The first-order chi connectivity index (χ1) is 7.09. The molecule has 0 spiro atoms. The third kappa shape index (κ3) is 1.84. The van der Waals surface area contributed by atoms with E-state index in [1.165, 1.54) is 20.9 Å². The van der Waals surface area contributed by atoms with E-state index >= 15 is 0 Å². The molecule has 0 aliphatic carbocycles. The van der Waals surface area contributed by atoms with Crippen LogP contribution in [-0.2, 0) is 0 Å². The minimum Gasteiger partial charge on any atom is -0.468 e. The molecule has 80 valence electrons. The molecular formula is C12H14O2S. The van der Waals surface area contributed by atoms with Gasteiger partial charge in [-0.25, -0.2) is 0 Å². The summed E-state index contributed by atoms with van der Waals surface area (Å²) in [5.74, 6) is 1.94. The average Bonchev–Trinajstić information content (AvgIpc) is 2.67. The van der Waals surface area contributed by atoms with Gasteiger partial charge in [-0.1, -0.05) is 11.8 Å². The van der Waals surface area contributed by atoms with Crippen molar-refractivity contribution < 1.29 is 8.83 Å². The van der Waals surface area contributed by atoms with Crippen LogP contribution < -0.4 is 0 Å². The fraction of sp³-hybridized carbons (Fsp3) is 0.333. The first kappa shape index (κ1) is 10.4. The Bertz CT molecular complexity index is 397. The Labute approximate surface area is 93.7 Å². The molecule has 2 heterocycles. The Morgan fingerprint density at radius 1 is 0.800 bits per heavy atom. The summed E-state index contributed by atoms with van der Waals surface area (Å²) in [6, 6.07) is 0. The number of aryl methyl sites for hydroxylation is 4. The Hall–Kier alpha value is -1.09. The van der Waals surface area contributed by atoms with Crippen LogP contribution >= 0.6 is 11.8 Å². The molecule has 0 aliphatic heterocycles. The van der Waals surface area contributed by atoms with Crippen molar-refractivity contribution >= 4 is 11.8 Å². The highest BCUT2D eigenvalue weighted by Crippen LogP contribution is 2.38. The highest BCUT2D eigenvalue weighted by Gasteiger charge is 2.13. The minimum atomic E-state index is 0.970. The van der Waals surface area contributed by atoms with E-state index in [1.54, 1.807) is 24.3 Å². The predicted molar refractivity (Wildman–Crippen MR) is 60.5 cm³/mol. The third-order valence-corrected chi connectivity index (χ3v) is 4.01. The maximum Gasteiger partial charge on any atom is 0.114 e. The highest BCUT2D eigenvalue weighted by molar-refractivity contribution is 7.99. The first-order valence-corrected chi connectivity index (χ1v) is 5.68. The molecule has 0 aromatic carbocycles. The van der Waals surface area contributed by atoms with Crippen molar-refractivity contribution in [2.24, 2.45) is 0 Å². The van der Waals surface area contributed by atoms with Crippen LogP contribution in [-0.4, -0.2) is 0 Å². The third-order valence-electron chi connectivity index (χ3n) is 2.38. The molecule has 3 heteroatoms. The molecule has 15 heavy (non-hydrogen) atoms. The van der Waals surface area contributed by atoms with Gasteiger partial charge >= 0.3 is 0 Å². The predicted octanol–water partition coefficient (Wildman–Crippen LogP) is 4.26. The summed E-state index contributed by atoms with van der Waals surface area (Å²) in [6.45, 7) is 8.09. The molecule has 0 N–H and O–H groups in total. The van der Waals surface area contributed by atoms with Crippen molar-refractivity contribution in [3.63, 3.8) is 0 Å². The molecule has 2 aromatic heterocycles. The van der Waals surface area contributed by atoms with Crippen LogP contribution in [0.4, 0.5) is 0 Å². The van der Waals surface area contributed by atoms with Crippen molar-refractivity contribution in [2.75, 3.05) is 0 Å². The molecule has 0 saturated heterocycles. The van der Waals surface area contributed by atoms with Crippen LogP contribution in [0.2, 0.25) is 0 Å². The van der Waals surface area contributed by atoms with Crippen LogP contribution in [0, 0.1) is 27.7 Å². The lowest BCUT2D eigenvalue weighted by Crippen LogP contribution is -1.79. The van der Waals surface area contributed by atoms with Gasteiger partial charge < -0.3 is 8.83 Å². The number of furan rings is 2. The normalized spacial score (nSPS) is 10.9. The van der Waals surface area contributed by atoms with E-state index in [1.807, 2.05) is 13.8 Å². The molecule has 0 saturated carbocycles. The van der Waals surface area contributed by atoms with Crippen molar-refractivity contribution in [1.29, 1.82) is 0 Å². The van der Waals surface area contributed by atoms with Crippen LogP contribution in [0.1, 0.15) is 22.6 Å². The smallest absolute Gasteiger partial charge is 0.114 e. The van der Waals surface area contributed by atoms with Crippen molar-refractivity contribution in [3.8, 4) is 0 Å². The summed E-state index contributed by atoms with van der Waals surface area (Å²) >= 11 is 1.72. The van der Waals surface area contributed by atoms with Crippen molar-refractivity contribution in [1.82, 2.24) is 0 Å². The molecule has 0 amide bonds. The fourth-order valence-corrected chi connectivity index (χ4v) is 2.54. The van der Waals surface area contributed by atoms with E-state index in [4.69, 9.17) is 8.83 Å². The van der Waals surface area contributed by atoms with E-state index in [0.29, 0.717) is 0 Å². The van der Waals surface area contributed by atoms with Gasteiger partial charge in [-0.2, -0.15) is 0 Å². The Morgan fingerprint density at radius 3 is 1.47 bits per heavy atom. The maximum atomic E-state index is 5.37. The molecule has 2 aromatic rings. The monoisotopic (exact) mass is 222 g/mol. The van der Waals surface area contributed by atoms with Gasteiger partial charge in [-0.05, 0) is 27.7 Å². The Kier molecular flexibility index (Phi) is 2.65. The lowest BCUT2D eigenvalue weighted by molar-refractivity contribution is 0.524. The number of hydrogen-bond donors (Lipinski definition) is 0. The second kappa shape index (κ2) is 3.81. The molecule has 0 radical (unpaired) electrons. The summed E-state index contributed by atoms with van der Waals surface area (Å²) in [5.41, 5.74) is 2.36. The lowest BCUT2D eigenvalue weighted by atomic mass is 10.3. The maximum absolute atomic E-state index is 5.37. The van der Waals surface area contributed by atoms with E-state index < -0.39 is 0 Å². The second-order valence-corrected chi connectivity index (χ2v) is 4.73. The standard InChI is InChI=1S/C12H14O2S/c1-7-5-13-9(3)11(7)15-12-8(2)6-14-10(12)4/h5-6H,1-4H3. The van der Waals surface area contributed by atoms with E-state index in [-0.39, 0.29) is 0 Å². The Balaban J connectivity index is 2.37. The molecule has 0 fully saturated rings. The number of hydrogen-bond acceptors (Lipinski definition) is 3. The van der Waals surface area contributed by atoms with Gasteiger partial charge in [0, 0.05) is 11.1 Å². The highest BCUT2D eigenvalue weighted by atomic mass is 32.2. The topological polar surface area (TPSA) is 26.3 Å². The van der Waals surface area contributed by atoms with Gasteiger partial charge in [-0.15, -0.1) is 0 Å². The van der Waals surface area contributed by atoms with Crippen LogP contribution in [0.25, 0.3) is 0 Å². The summed E-state index contributed by atoms with van der Waals surface area (Å²) in [7, 11) is 0. The van der Waals surface area contributed by atoms with Crippen molar-refractivity contribution in [2.45, 2.75) is 37.5 Å². The summed E-state index contributed by atoms with van der Waals surface area (Å²) in [5, 5.41) is 0. The largest absolute Gasteiger partial charge is 0.468 e. The molecule has 2 nitrogen and oxygen atoms in total. The van der Waals surface area contributed by atoms with E-state index in [0.717, 1.165) is 11.5 Å². The average molecular weight is 222 g/mol. The summed E-state index contributed by atoms with van der Waals surface area (Å²) in [6.07, 6.45) is 3.59. The molecule has 2 rings (SSSR count). The van der Waals surface area contributed by atoms with Gasteiger partial charge in [-0.3, -0.25) is 0 Å². The second-order valence-electron chi connectivity index (χ2n) is 3.71. The lowest BCUT2D eigenvalue weighted by Gasteiger charge is -2.01. The van der Waals surface area contributed by atoms with Crippen LogP contribution in [0.5, 0.6) is 0 Å². The molecule has 0 atom stereocenters. The zero-order valence-electron chi connectivity index (χ0n) is 9.38. The fourth-order valence-electron chi connectivity index (χ4n) is 1.53. The van der Waals surface area contributed by atoms with Gasteiger partial charge in [0.2, 0.25) is 0 Å². The molecular weight excluding hydrogens is 208 g/mol. The summed E-state index contributed by atoms with van der Waals surface area (Å²) < 4.78 is 10.7. The van der Waals surface area contributed by atoms with Gasteiger partial charge in [0.05, 0.1) is 22.3 Å². The van der Waals surface area contributed by atoms with Gasteiger partial charge in [0.15, 0.2) is 0 Å².